The Balaban J connectivity index is 1.91. The van der Waals surface area contributed by atoms with Crippen LogP contribution in [0.5, 0.6) is 0 Å². The smallest absolute Gasteiger partial charge is 0.303 e. The number of aryl methyl sites for hydroxylation is 2. The van der Waals surface area contributed by atoms with E-state index in [9.17, 15) is 4.79 Å². The molecule has 0 saturated carbocycles. The molecule has 2 heterocycles. The van der Waals surface area contributed by atoms with Gasteiger partial charge in [-0.3, -0.25) is 4.79 Å². The summed E-state index contributed by atoms with van der Waals surface area (Å²) >= 11 is 0. The topological polar surface area (TPSA) is 66.0 Å². The summed E-state index contributed by atoms with van der Waals surface area (Å²) in [6.07, 6.45) is 13.4. The van der Waals surface area contributed by atoms with Crippen LogP contribution >= 0.6 is 0 Å². The third-order valence-electron chi connectivity index (χ3n) is 4.61. The van der Waals surface area contributed by atoms with Crippen molar-refractivity contribution in [3.05, 3.63) is 29.6 Å². The number of aromatic nitrogens is 2. The van der Waals surface area contributed by atoms with Crippen LogP contribution in [0.25, 0.3) is 11.0 Å². The number of carboxylic acids is 1. The average molecular weight is 330 g/mol. The van der Waals surface area contributed by atoms with Crippen molar-refractivity contribution in [1.82, 2.24) is 9.97 Å². The van der Waals surface area contributed by atoms with Gasteiger partial charge in [-0.25, -0.2) is 4.98 Å². The molecule has 0 atom stereocenters. The number of aliphatic carboxylic acids is 1. The highest BCUT2D eigenvalue weighted by atomic mass is 16.4. The van der Waals surface area contributed by atoms with E-state index in [2.05, 4.69) is 23.0 Å². The van der Waals surface area contributed by atoms with Gasteiger partial charge in [0.15, 0.2) is 0 Å². The van der Waals surface area contributed by atoms with E-state index in [-0.39, 0.29) is 0 Å². The fourth-order valence-electron chi connectivity index (χ4n) is 3.29. The SMILES string of the molecule is CCCCCCc1c(CCCCCCC(=O)O)[nH]c2ncccc12. The van der Waals surface area contributed by atoms with Crippen LogP contribution in [0.3, 0.4) is 0 Å². The largest absolute Gasteiger partial charge is 0.481 e. The van der Waals surface area contributed by atoms with Crippen LogP contribution in [-0.4, -0.2) is 21.0 Å². The number of hydrogen-bond donors (Lipinski definition) is 2. The number of unbranched alkanes of at least 4 members (excludes halogenated alkanes) is 6. The van der Waals surface area contributed by atoms with Crippen LogP contribution in [-0.2, 0) is 17.6 Å². The molecule has 0 saturated heterocycles. The molecule has 2 aromatic heterocycles. The summed E-state index contributed by atoms with van der Waals surface area (Å²) < 4.78 is 0. The zero-order valence-corrected chi connectivity index (χ0v) is 14.8. The Morgan fingerprint density at radius 1 is 1.08 bits per heavy atom. The van der Waals surface area contributed by atoms with Crippen molar-refractivity contribution in [1.29, 1.82) is 0 Å². The monoisotopic (exact) mass is 330 g/mol. The van der Waals surface area contributed by atoms with Crippen LogP contribution in [0.4, 0.5) is 0 Å². The molecule has 132 valence electrons. The van der Waals surface area contributed by atoms with E-state index >= 15 is 0 Å². The Hall–Kier alpha value is -1.84. The molecule has 0 fully saturated rings. The number of hydrogen-bond acceptors (Lipinski definition) is 2. The van der Waals surface area contributed by atoms with Gasteiger partial charge in [0.05, 0.1) is 0 Å². The highest BCUT2D eigenvalue weighted by molar-refractivity contribution is 5.81. The number of aromatic amines is 1. The standard InChI is InChI=1S/C20H30N2O2/c1-2-3-4-7-11-16-17-12-10-15-21-20(17)22-18(16)13-8-5-6-9-14-19(23)24/h10,12,15H,2-9,11,13-14H2,1H3,(H,21,22)(H,23,24). The molecular formula is C20H30N2O2. The second kappa shape index (κ2) is 10.1. The van der Waals surface area contributed by atoms with E-state index in [4.69, 9.17) is 5.11 Å². The van der Waals surface area contributed by atoms with Crippen molar-refractivity contribution >= 4 is 17.0 Å². The Morgan fingerprint density at radius 2 is 1.83 bits per heavy atom. The molecule has 0 aliphatic heterocycles. The minimum Gasteiger partial charge on any atom is -0.481 e. The molecule has 0 aromatic carbocycles. The maximum absolute atomic E-state index is 10.5. The minimum atomic E-state index is -0.689. The van der Waals surface area contributed by atoms with E-state index in [1.54, 1.807) is 0 Å². The zero-order chi connectivity index (χ0) is 17.2. The summed E-state index contributed by atoms with van der Waals surface area (Å²) in [4.78, 5) is 18.5. The third-order valence-corrected chi connectivity index (χ3v) is 4.61. The van der Waals surface area contributed by atoms with E-state index in [1.165, 1.54) is 42.3 Å². The summed E-state index contributed by atoms with van der Waals surface area (Å²) in [7, 11) is 0. The van der Waals surface area contributed by atoms with Crippen LogP contribution in [0, 0.1) is 0 Å². The van der Waals surface area contributed by atoms with Crippen LogP contribution < -0.4 is 0 Å². The normalized spacial score (nSPS) is 11.2. The van der Waals surface area contributed by atoms with Crippen molar-refractivity contribution in [2.75, 3.05) is 0 Å². The van der Waals surface area contributed by atoms with Gasteiger partial charge in [-0.1, -0.05) is 39.0 Å². The molecule has 2 rings (SSSR count). The second-order valence-corrected chi connectivity index (χ2v) is 6.60. The quantitative estimate of drug-likeness (QED) is 0.521. The van der Waals surface area contributed by atoms with Crippen LogP contribution in [0.2, 0.25) is 0 Å². The molecule has 0 aliphatic carbocycles. The molecule has 4 nitrogen and oxygen atoms in total. The Labute approximate surface area is 144 Å². The predicted octanol–water partition coefficient (Wildman–Crippen LogP) is 5.26. The molecular weight excluding hydrogens is 300 g/mol. The average Bonchev–Trinajstić information content (AvgIpc) is 2.92. The molecule has 24 heavy (non-hydrogen) atoms. The summed E-state index contributed by atoms with van der Waals surface area (Å²) in [5, 5.41) is 9.95. The van der Waals surface area contributed by atoms with Gasteiger partial charge in [0, 0.05) is 23.7 Å². The fraction of sp³-hybridized carbons (Fsp3) is 0.600. The lowest BCUT2D eigenvalue weighted by Crippen LogP contribution is -1.95. The van der Waals surface area contributed by atoms with Gasteiger partial charge in [-0.2, -0.15) is 0 Å². The highest BCUT2D eigenvalue weighted by Crippen LogP contribution is 2.24. The number of nitrogens with one attached hydrogen (secondary N) is 1. The lowest BCUT2D eigenvalue weighted by molar-refractivity contribution is -0.137. The molecule has 2 aromatic rings. The fourth-order valence-corrected chi connectivity index (χ4v) is 3.29. The first kappa shape index (κ1) is 18.5. The molecule has 0 aliphatic rings. The second-order valence-electron chi connectivity index (χ2n) is 6.60. The van der Waals surface area contributed by atoms with E-state index in [0.29, 0.717) is 6.42 Å². The number of carbonyl (C=O) groups is 1. The summed E-state index contributed by atoms with van der Waals surface area (Å²) in [5.74, 6) is -0.689. The zero-order valence-electron chi connectivity index (χ0n) is 14.8. The number of carboxylic acid groups (broad SMARTS) is 1. The van der Waals surface area contributed by atoms with E-state index in [0.717, 1.165) is 44.2 Å². The number of H-pyrrole nitrogens is 1. The molecule has 0 bridgehead atoms. The Morgan fingerprint density at radius 3 is 2.62 bits per heavy atom. The van der Waals surface area contributed by atoms with Gasteiger partial charge in [-0.05, 0) is 49.8 Å². The Kier molecular flexibility index (Phi) is 7.80. The van der Waals surface area contributed by atoms with Gasteiger partial charge < -0.3 is 10.1 Å². The first-order valence-corrected chi connectivity index (χ1v) is 9.38. The highest BCUT2D eigenvalue weighted by Gasteiger charge is 2.11. The summed E-state index contributed by atoms with van der Waals surface area (Å²) in [6, 6.07) is 4.19. The van der Waals surface area contributed by atoms with Gasteiger partial charge in [0.1, 0.15) is 5.65 Å². The lowest BCUT2D eigenvalue weighted by Gasteiger charge is -2.05. The lowest BCUT2D eigenvalue weighted by atomic mass is 10.0. The Bertz CT molecular complexity index is 634. The maximum atomic E-state index is 10.5. The molecule has 0 amide bonds. The first-order valence-electron chi connectivity index (χ1n) is 9.38. The van der Waals surface area contributed by atoms with Crippen molar-refractivity contribution in [2.24, 2.45) is 0 Å². The van der Waals surface area contributed by atoms with E-state index in [1.807, 2.05) is 12.3 Å². The van der Waals surface area contributed by atoms with Gasteiger partial charge >= 0.3 is 5.97 Å². The number of fused-ring (bicyclic) bond motifs is 1. The van der Waals surface area contributed by atoms with Crippen molar-refractivity contribution in [2.45, 2.75) is 77.6 Å². The number of pyridine rings is 1. The van der Waals surface area contributed by atoms with Crippen LogP contribution in [0.1, 0.15) is 76.0 Å². The summed E-state index contributed by atoms with van der Waals surface area (Å²) in [6.45, 7) is 2.24. The molecule has 0 unspecified atom stereocenters. The van der Waals surface area contributed by atoms with Gasteiger partial charge in [0.25, 0.3) is 0 Å². The predicted molar refractivity (Wildman–Crippen MR) is 98.4 cm³/mol. The third kappa shape index (κ3) is 5.66. The van der Waals surface area contributed by atoms with Crippen molar-refractivity contribution in [3.63, 3.8) is 0 Å². The van der Waals surface area contributed by atoms with Crippen LogP contribution in [0.15, 0.2) is 18.3 Å². The van der Waals surface area contributed by atoms with E-state index < -0.39 is 5.97 Å². The molecule has 2 N–H and O–H groups in total. The van der Waals surface area contributed by atoms with Crippen molar-refractivity contribution < 1.29 is 9.90 Å². The number of rotatable bonds is 12. The van der Waals surface area contributed by atoms with Gasteiger partial charge in [-0.15, -0.1) is 0 Å². The maximum Gasteiger partial charge on any atom is 0.303 e. The van der Waals surface area contributed by atoms with Gasteiger partial charge in [0.2, 0.25) is 0 Å². The molecule has 4 heteroatoms. The summed E-state index contributed by atoms with van der Waals surface area (Å²) in [5.41, 5.74) is 3.78. The first-order chi connectivity index (χ1) is 11.7. The molecule has 0 radical (unpaired) electrons. The van der Waals surface area contributed by atoms with Crippen molar-refractivity contribution in [3.8, 4) is 0 Å². The number of nitrogens with zero attached hydrogens (tertiary/aromatic N) is 1. The molecule has 0 spiro atoms. The minimum absolute atomic E-state index is 0.291.